The third-order valence-electron chi connectivity index (χ3n) is 4.04. The summed E-state index contributed by atoms with van der Waals surface area (Å²) in [5.41, 5.74) is -0.0262. The molecule has 0 spiro atoms. The third-order valence-corrected chi connectivity index (χ3v) is 4.04. The van der Waals surface area contributed by atoms with Crippen molar-refractivity contribution in [2.45, 2.75) is 39.3 Å². The van der Waals surface area contributed by atoms with Crippen LogP contribution in [0.15, 0.2) is 15.7 Å². The molecule has 0 saturated carbocycles. The van der Waals surface area contributed by atoms with Crippen molar-refractivity contribution in [2.75, 3.05) is 13.1 Å². The molecule has 0 amide bonds. The van der Waals surface area contributed by atoms with Crippen molar-refractivity contribution in [2.24, 2.45) is 0 Å². The Bertz CT molecular complexity index is 743. The highest BCUT2D eigenvalue weighted by Crippen LogP contribution is 2.29. The maximum Gasteiger partial charge on any atom is 0.328 e. The van der Waals surface area contributed by atoms with Crippen LogP contribution in [-0.2, 0) is 6.54 Å². The molecule has 1 saturated heterocycles. The van der Waals surface area contributed by atoms with Gasteiger partial charge in [0.05, 0.1) is 6.04 Å². The van der Waals surface area contributed by atoms with Crippen molar-refractivity contribution in [1.82, 2.24) is 29.6 Å². The van der Waals surface area contributed by atoms with Gasteiger partial charge in [0.2, 0.25) is 0 Å². The van der Waals surface area contributed by atoms with E-state index in [1.165, 1.54) is 10.6 Å². The maximum atomic E-state index is 11.9. The number of hydrogen-bond acceptors (Lipinski definition) is 5. The number of aromatic nitrogens is 5. The highest BCUT2D eigenvalue weighted by molar-refractivity contribution is 5.00. The lowest BCUT2D eigenvalue weighted by atomic mass is 10.2. The lowest BCUT2D eigenvalue weighted by Crippen LogP contribution is -2.39. The molecule has 118 valence electrons. The molecule has 1 aliphatic rings. The molecule has 2 N–H and O–H groups in total. The Morgan fingerprint density at radius 2 is 2.14 bits per heavy atom. The summed E-state index contributed by atoms with van der Waals surface area (Å²) in [7, 11) is 0. The lowest BCUT2D eigenvalue weighted by Gasteiger charge is -2.22. The quantitative estimate of drug-likeness (QED) is 0.835. The van der Waals surface area contributed by atoms with Gasteiger partial charge in [-0.25, -0.2) is 9.78 Å². The number of nitrogens with zero attached hydrogens (tertiary/aromatic N) is 4. The van der Waals surface area contributed by atoms with Crippen molar-refractivity contribution in [3.05, 3.63) is 44.2 Å². The third kappa shape index (κ3) is 2.87. The molecule has 1 aliphatic heterocycles. The van der Waals surface area contributed by atoms with E-state index in [2.05, 4.69) is 25.1 Å². The Hall–Kier alpha value is -2.22. The van der Waals surface area contributed by atoms with Gasteiger partial charge in [-0.1, -0.05) is 0 Å². The summed E-state index contributed by atoms with van der Waals surface area (Å²) in [6, 6.07) is 1.60. The highest BCUT2D eigenvalue weighted by Gasteiger charge is 2.28. The summed E-state index contributed by atoms with van der Waals surface area (Å²) in [6.07, 6.45) is 2.06. The number of nitrogens with one attached hydrogen (secondary N) is 2. The van der Waals surface area contributed by atoms with Crippen molar-refractivity contribution in [1.29, 1.82) is 0 Å². The second-order valence-electron chi connectivity index (χ2n) is 5.72. The molecule has 8 heteroatoms. The molecule has 22 heavy (non-hydrogen) atoms. The minimum Gasteiger partial charge on any atom is -0.311 e. The molecule has 2 aromatic rings. The van der Waals surface area contributed by atoms with Gasteiger partial charge in [0.15, 0.2) is 5.82 Å². The monoisotopic (exact) mass is 304 g/mol. The van der Waals surface area contributed by atoms with E-state index in [1.54, 1.807) is 6.92 Å². The summed E-state index contributed by atoms with van der Waals surface area (Å²) < 4.78 is 1.24. The molecule has 8 nitrogen and oxygen atoms in total. The van der Waals surface area contributed by atoms with E-state index in [4.69, 9.17) is 0 Å². The fraction of sp³-hybridized carbons (Fsp3) is 0.571. The molecule has 2 aromatic heterocycles. The molecule has 3 rings (SSSR count). The Labute approximate surface area is 127 Å². The van der Waals surface area contributed by atoms with Crippen LogP contribution in [0.1, 0.15) is 36.2 Å². The minimum atomic E-state index is -0.352. The number of aryl methyl sites for hydroxylation is 2. The molecule has 0 bridgehead atoms. The van der Waals surface area contributed by atoms with Gasteiger partial charge in [0.1, 0.15) is 5.82 Å². The highest BCUT2D eigenvalue weighted by atomic mass is 16.2. The lowest BCUT2D eigenvalue weighted by molar-refractivity contribution is 0.236. The normalized spacial score (nSPS) is 18.9. The van der Waals surface area contributed by atoms with E-state index < -0.39 is 0 Å². The summed E-state index contributed by atoms with van der Waals surface area (Å²) in [6.45, 7) is 5.51. The van der Waals surface area contributed by atoms with Crippen LogP contribution in [0.3, 0.4) is 0 Å². The Morgan fingerprint density at radius 3 is 2.82 bits per heavy atom. The smallest absolute Gasteiger partial charge is 0.311 e. The van der Waals surface area contributed by atoms with Gasteiger partial charge in [-0.3, -0.25) is 19.4 Å². The number of hydrogen-bond donors (Lipinski definition) is 2. The fourth-order valence-corrected chi connectivity index (χ4v) is 2.97. The first-order chi connectivity index (χ1) is 10.5. The zero-order chi connectivity index (χ0) is 15.7. The second kappa shape index (κ2) is 5.88. The summed E-state index contributed by atoms with van der Waals surface area (Å²) in [5, 5.41) is 7.10. The number of aromatic amines is 2. The van der Waals surface area contributed by atoms with Gasteiger partial charge in [-0.05, 0) is 33.2 Å². The van der Waals surface area contributed by atoms with Crippen LogP contribution in [-0.4, -0.2) is 42.7 Å². The van der Waals surface area contributed by atoms with Gasteiger partial charge >= 0.3 is 5.69 Å². The van der Waals surface area contributed by atoms with Crippen LogP contribution < -0.4 is 11.2 Å². The van der Waals surface area contributed by atoms with E-state index in [9.17, 15) is 9.59 Å². The van der Waals surface area contributed by atoms with Gasteiger partial charge < -0.3 is 4.98 Å². The van der Waals surface area contributed by atoms with Crippen LogP contribution in [0.4, 0.5) is 0 Å². The zero-order valence-electron chi connectivity index (χ0n) is 12.8. The summed E-state index contributed by atoms with van der Waals surface area (Å²) in [4.78, 5) is 33.1. The fourth-order valence-electron chi connectivity index (χ4n) is 2.97. The van der Waals surface area contributed by atoms with Crippen molar-refractivity contribution in [3.8, 4) is 0 Å². The first kappa shape index (κ1) is 14.7. The maximum absolute atomic E-state index is 11.9. The van der Waals surface area contributed by atoms with Crippen LogP contribution in [0.2, 0.25) is 0 Å². The van der Waals surface area contributed by atoms with Crippen molar-refractivity contribution < 1.29 is 0 Å². The molecular weight excluding hydrogens is 284 g/mol. The molecule has 0 aromatic carbocycles. The summed E-state index contributed by atoms with van der Waals surface area (Å²) in [5.74, 6) is 1.59. The van der Waals surface area contributed by atoms with Gasteiger partial charge in [-0.2, -0.15) is 5.10 Å². The Kier molecular flexibility index (Phi) is 3.93. The van der Waals surface area contributed by atoms with Crippen LogP contribution in [0.5, 0.6) is 0 Å². The Balaban J connectivity index is 1.74. The predicted molar refractivity (Wildman–Crippen MR) is 80.7 cm³/mol. The number of rotatable bonds is 4. The zero-order valence-corrected chi connectivity index (χ0v) is 12.8. The van der Waals surface area contributed by atoms with E-state index in [0.29, 0.717) is 18.8 Å². The molecule has 1 fully saturated rings. The minimum absolute atomic E-state index is 0.158. The SMILES string of the molecule is Cc1cc(=O)n(CCN2CCCC2c2n[nH]c(C)n2)c(=O)[nH]1. The molecule has 3 heterocycles. The first-order valence-electron chi connectivity index (χ1n) is 7.48. The second-order valence-corrected chi connectivity index (χ2v) is 5.72. The topological polar surface area (TPSA) is 99.7 Å². The molecule has 1 unspecified atom stereocenters. The molecular formula is C14H20N6O2. The van der Waals surface area contributed by atoms with Crippen LogP contribution in [0.25, 0.3) is 0 Å². The number of likely N-dealkylation sites (tertiary alicyclic amines) is 1. The average Bonchev–Trinajstić information content (AvgIpc) is 3.06. The Morgan fingerprint density at radius 1 is 1.32 bits per heavy atom. The number of H-pyrrole nitrogens is 2. The van der Waals surface area contributed by atoms with Gasteiger partial charge in [-0.15, -0.1) is 0 Å². The predicted octanol–water partition coefficient (Wildman–Crippen LogP) is 0.109. The van der Waals surface area contributed by atoms with Gasteiger partial charge in [0.25, 0.3) is 5.56 Å². The van der Waals surface area contributed by atoms with Crippen molar-refractivity contribution in [3.63, 3.8) is 0 Å². The van der Waals surface area contributed by atoms with Crippen LogP contribution >= 0.6 is 0 Å². The molecule has 0 radical (unpaired) electrons. The van der Waals surface area contributed by atoms with E-state index in [-0.39, 0.29) is 17.3 Å². The average molecular weight is 304 g/mol. The standard InChI is InChI=1S/C14H20N6O2/c1-9-8-12(21)20(14(22)15-9)7-6-19-5-3-4-11(19)13-16-10(2)17-18-13/h8,11H,3-7H2,1-2H3,(H,15,22)(H,16,17,18). The van der Waals surface area contributed by atoms with E-state index in [1.807, 2.05) is 6.92 Å². The summed E-state index contributed by atoms with van der Waals surface area (Å²) >= 11 is 0. The molecule has 0 aliphatic carbocycles. The van der Waals surface area contributed by atoms with E-state index in [0.717, 1.165) is 31.0 Å². The molecule has 1 atom stereocenters. The van der Waals surface area contributed by atoms with Crippen LogP contribution in [0, 0.1) is 13.8 Å². The largest absolute Gasteiger partial charge is 0.328 e. The van der Waals surface area contributed by atoms with Gasteiger partial charge in [0, 0.05) is 24.8 Å². The first-order valence-corrected chi connectivity index (χ1v) is 7.48. The van der Waals surface area contributed by atoms with Crippen molar-refractivity contribution >= 4 is 0 Å². The van der Waals surface area contributed by atoms with E-state index >= 15 is 0 Å².